The molecule has 0 aromatic rings. The summed E-state index contributed by atoms with van der Waals surface area (Å²) in [7, 11) is 0. The van der Waals surface area contributed by atoms with Gasteiger partial charge in [0.2, 0.25) is 5.76 Å². The highest BCUT2D eigenvalue weighted by Crippen LogP contribution is 2.35. The lowest BCUT2D eigenvalue weighted by atomic mass is 9.85. The van der Waals surface area contributed by atoms with Gasteiger partial charge in [-0.15, -0.1) is 0 Å². The number of hydrogen-bond acceptors (Lipinski definition) is 5. The van der Waals surface area contributed by atoms with Gasteiger partial charge in [0.05, 0.1) is 12.5 Å². The average molecular weight is 236 g/mol. The van der Waals surface area contributed by atoms with Crippen molar-refractivity contribution in [1.82, 2.24) is 0 Å². The molecule has 1 aliphatic heterocycles. The Bertz CT molecular complexity index is 458. The van der Waals surface area contributed by atoms with Crippen LogP contribution in [-0.4, -0.2) is 30.2 Å². The molecule has 2 atom stereocenters. The number of carbonyl (C=O) groups excluding carboxylic acids is 3. The molecule has 0 spiro atoms. The van der Waals surface area contributed by atoms with Gasteiger partial charge in [-0.2, -0.15) is 0 Å². The summed E-state index contributed by atoms with van der Waals surface area (Å²) in [5.41, 5.74) is 0.469. The van der Waals surface area contributed by atoms with E-state index in [1.807, 2.05) is 0 Å². The number of ether oxygens (including phenoxy) is 2. The van der Waals surface area contributed by atoms with Crippen molar-refractivity contribution in [2.24, 2.45) is 5.92 Å². The van der Waals surface area contributed by atoms with E-state index in [-0.39, 0.29) is 23.9 Å². The summed E-state index contributed by atoms with van der Waals surface area (Å²) in [5, 5.41) is 0. The fourth-order valence-electron chi connectivity index (χ4n) is 2.01. The molecule has 0 aromatic carbocycles. The van der Waals surface area contributed by atoms with E-state index in [1.54, 1.807) is 13.8 Å². The van der Waals surface area contributed by atoms with Crippen LogP contribution in [0.1, 0.15) is 13.8 Å². The van der Waals surface area contributed by atoms with Crippen molar-refractivity contribution in [3.63, 3.8) is 0 Å². The summed E-state index contributed by atoms with van der Waals surface area (Å²) in [4.78, 5) is 34.8. The number of allylic oxidation sites excluding steroid dienone is 1. The number of ketones is 2. The second kappa shape index (κ2) is 4.16. The molecule has 0 amide bonds. The first-order chi connectivity index (χ1) is 8.06. The van der Waals surface area contributed by atoms with Crippen molar-refractivity contribution in [3.05, 3.63) is 23.5 Å². The van der Waals surface area contributed by atoms with Crippen LogP contribution in [0.5, 0.6) is 0 Å². The summed E-state index contributed by atoms with van der Waals surface area (Å²) >= 11 is 0. The molecule has 0 aromatic heterocycles. The Morgan fingerprint density at radius 3 is 2.59 bits per heavy atom. The summed E-state index contributed by atoms with van der Waals surface area (Å²) in [6, 6.07) is 0. The second-order valence-corrected chi connectivity index (χ2v) is 3.89. The van der Waals surface area contributed by atoms with Gasteiger partial charge in [0, 0.05) is 0 Å². The fraction of sp³-hybridized carbons (Fsp3) is 0.417. The monoisotopic (exact) mass is 236 g/mol. The molecule has 2 rings (SSSR count). The zero-order valence-corrected chi connectivity index (χ0v) is 9.56. The Morgan fingerprint density at radius 2 is 2.00 bits per heavy atom. The van der Waals surface area contributed by atoms with Crippen LogP contribution in [0.3, 0.4) is 0 Å². The predicted molar refractivity (Wildman–Crippen MR) is 56.9 cm³/mol. The predicted octanol–water partition coefficient (Wildman–Crippen LogP) is 0.546. The highest BCUT2D eigenvalue weighted by atomic mass is 16.6. The minimum Gasteiger partial charge on any atom is -0.474 e. The standard InChI is InChI=1S/C12H12O5/c1-3-16-12(15)10-6(2)9-7(13)4-5-8(14)11(9)17-10/h4-5,9,11H,3H2,1-2H3. The number of rotatable bonds is 2. The van der Waals surface area contributed by atoms with E-state index in [0.29, 0.717) is 5.57 Å². The normalized spacial score (nSPS) is 26.9. The van der Waals surface area contributed by atoms with Crippen LogP contribution in [0, 0.1) is 5.92 Å². The molecule has 0 radical (unpaired) electrons. The van der Waals surface area contributed by atoms with Gasteiger partial charge in [-0.05, 0) is 31.6 Å². The van der Waals surface area contributed by atoms with Crippen LogP contribution in [0.4, 0.5) is 0 Å². The summed E-state index contributed by atoms with van der Waals surface area (Å²) in [6.45, 7) is 3.50. The van der Waals surface area contributed by atoms with Crippen LogP contribution in [0.15, 0.2) is 23.5 Å². The van der Waals surface area contributed by atoms with E-state index in [9.17, 15) is 14.4 Å². The van der Waals surface area contributed by atoms with Crippen LogP contribution >= 0.6 is 0 Å². The minimum absolute atomic E-state index is 0.00718. The van der Waals surface area contributed by atoms with Gasteiger partial charge in [-0.1, -0.05) is 0 Å². The molecule has 0 N–H and O–H groups in total. The average Bonchev–Trinajstić information content (AvgIpc) is 2.63. The highest BCUT2D eigenvalue weighted by molar-refractivity contribution is 6.11. The van der Waals surface area contributed by atoms with Crippen LogP contribution < -0.4 is 0 Å². The van der Waals surface area contributed by atoms with Crippen molar-refractivity contribution in [3.8, 4) is 0 Å². The van der Waals surface area contributed by atoms with E-state index in [4.69, 9.17) is 9.47 Å². The topological polar surface area (TPSA) is 69.7 Å². The van der Waals surface area contributed by atoms with Crippen molar-refractivity contribution in [1.29, 1.82) is 0 Å². The van der Waals surface area contributed by atoms with Gasteiger partial charge < -0.3 is 9.47 Å². The van der Waals surface area contributed by atoms with Crippen molar-refractivity contribution in [2.45, 2.75) is 20.0 Å². The smallest absolute Gasteiger partial charge is 0.373 e. The van der Waals surface area contributed by atoms with Crippen molar-refractivity contribution in [2.75, 3.05) is 6.61 Å². The number of fused-ring (bicyclic) bond motifs is 1. The maximum atomic E-state index is 11.7. The van der Waals surface area contributed by atoms with E-state index in [1.165, 1.54) is 12.2 Å². The van der Waals surface area contributed by atoms with E-state index >= 15 is 0 Å². The molecule has 17 heavy (non-hydrogen) atoms. The van der Waals surface area contributed by atoms with Gasteiger partial charge in [-0.3, -0.25) is 9.59 Å². The molecule has 0 saturated carbocycles. The fourth-order valence-corrected chi connectivity index (χ4v) is 2.01. The van der Waals surface area contributed by atoms with E-state index < -0.39 is 18.0 Å². The molecule has 2 aliphatic rings. The second-order valence-electron chi connectivity index (χ2n) is 3.89. The summed E-state index contributed by atoms with van der Waals surface area (Å²) in [5.74, 6) is -1.82. The minimum atomic E-state index is -0.896. The Hall–Kier alpha value is -1.91. The largest absolute Gasteiger partial charge is 0.474 e. The summed E-state index contributed by atoms with van der Waals surface area (Å²) in [6.07, 6.45) is 1.52. The first-order valence-corrected chi connectivity index (χ1v) is 5.36. The molecule has 5 heteroatoms. The van der Waals surface area contributed by atoms with Gasteiger partial charge in [0.25, 0.3) is 0 Å². The molecule has 0 bridgehead atoms. The van der Waals surface area contributed by atoms with Gasteiger partial charge in [0.15, 0.2) is 17.7 Å². The maximum absolute atomic E-state index is 11.7. The first-order valence-electron chi connectivity index (χ1n) is 5.36. The molecule has 5 nitrogen and oxygen atoms in total. The quantitative estimate of drug-likeness (QED) is 0.655. The van der Waals surface area contributed by atoms with Gasteiger partial charge in [-0.25, -0.2) is 4.79 Å². The van der Waals surface area contributed by atoms with E-state index in [2.05, 4.69) is 0 Å². The van der Waals surface area contributed by atoms with Crippen LogP contribution in [0.2, 0.25) is 0 Å². The number of hydrogen-bond donors (Lipinski definition) is 0. The van der Waals surface area contributed by atoms with E-state index in [0.717, 1.165) is 0 Å². The zero-order valence-electron chi connectivity index (χ0n) is 9.56. The molecular weight excluding hydrogens is 224 g/mol. The molecule has 0 saturated heterocycles. The third-order valence-corrected chi connectivity index (χ3v) is 2.83. The lowest BCUT2D eigenvalue weighted by Gasteiger charge is -2.18. The molecule has 90 valence electrons. The van der Waals surface area contributed by atoms with Crippen molar-refractivity contribution < 1.29 is 23.9 Å². The van der Waals surface area contributed by atoms with Crippen molar-refractivity contribution >= 4 is 17.5 Å². The van der Waals surface area contributed by atoms with Crippen LogP contribution in [0.25, 0.3) is 0 Å². The Morgan fingerprint density at radius 1 is 1.35 bits per heavy atom. The Labute approximate surface area is 98.1 Å². The molecular formula is C12H12O5. The SMILES string of the molecule is CCOC(=O)C1=C(C)C2C(=O)C=CC(=O)C2O1. The van der Waals surface area contributed by atoms with Gasteiger partial charge in [0.1, 0.15) is 0 Å². The van der Waals surface area contributed by atoms with Crippen LogP contribution in [-0.2, 0) is 23.9 Å². The third kappa shape index (κ3) is 1.77. The summed E-state index contributed by atoms with van der Waals surface area (Å²) < 4.78 is 10.1. The molecule has 2 unspecified atom stereocenters. The first kappa shape index (κ1) is 11.6. The number of carbonyl (C=O) groups is 3. The Kier molecular flexibility index (Phi) is 2.83. The molecule has 0 fully saturated rings. The Balaban J connectivity index is 2.31. The molecule has 1 heterocycles. The third-order valence-electron chi connectivity index (χ3n) is 2.83. The zero-order chi connectivity index (χ0) is 12.6. The number of esters is 1. The lowest BCUT2D eigenvalue weighted by molar-refractivity contribution is -0.144. The maximum Gasteiger partial charge on any atom is 0.373 e. The molecule has 1 aliphatic carbocycles. The highest BCUT2D eigenvalue weighted by Gasteiger charge is 2.46. The van der Waals surface area contributed by atoms with Gasteiger partial charge >= 0.3 is 5.97 Å². The lowest BCUT2D eigenvalue weighted by Crippen LogP contribution is -2.35.